The van der Waals surface area contributed by atoms with Crippen LogP contribution in [0.25, 0.3) is 0 Å². The first-order chi connectivity index (χ1) is 12.2. The summed E-state index contributed by atoms with van der Waals surface area (Å²) >= 11 is 0. The molecule has 2 atom stereocenters. The van der Waals surface area contributed by atoms with Crippen LogP contribution in [0.1, 0.15) is 29.3 Å². The van der Waals surface area contributed by atoms with E-state index in [1.165, 1.54) is 5.56 Å². The SMILES string of the molecule is C[C@@H]1Cc2ccccc2N(C(=O)c2ccnc(O[C@@H]3CCOC3)c2)C1. The van der Waals surface area contributed by atoms with E-state index in [0.29, 0.717) is 30.6 Å². The van der Waals surface area contributed by atoms with Gasteiger partial charge in [0.15, 0.2) is 0 Å². The molecule has 1 amide bonds. The Hall–Kier alpha value is -2.40. The van der Waals surface area contributed by atoms with Crippen molar-refractivity contribution in [2.75, 3.05) is 24.7 Å². The van der Waals surface area contributed by atoms with Crippen LogP contribution in [0.15, 0.2) is 42.6 Å². The summed E-state index contributed by atoms with van der Waals surface area (Å²) in [6, 6.07) is 11.6. The standard InChI is InChI=1S/C20H22N2O3/c1-14-10-15-4-2-3-5-18(15)22(12-14)20(23)16-6-8-21-19(11-16)25-17-7-9-24-13-17/h2-6,8,11,14,17H,7,9-10,12-13H2,1H3/t14-,17-/m1/s1. The van der Waals surface area contributed by atoms with Crippen LogP contribution in [-0.4, -0.2) is 36.8 Å². The minimum absolute atomic E-state index is 0.00563. The number of carbonyl (C=O) groups excluding carboxylic acids is 1. The third-order valence-electron chi connectivity index (χ3n) is 4.75. The fraction of sp³-hybridized carbons (Fsp3) is 0.400. The maximum Gasteiger partial charge on any atom is 0.258 e. The lowest BCUT2D eigenvalue weighted by atomic mass is 9.93. The molecule has 0 saturated carbocycles. The van der Waals surface area contributed by atoms with Crippen LogP contribution in [-0.2, 0) is 11.2 Å². The van der Waals surface area contributed by atoms with E-state index in [0.717, 1.165) is 25.1 Å². The van der Waals surface area contributed by atoms with Gasteiger partial charge in [0.1, 0.15) is 6.10 Å². The molecule has 0 unspecified atom stereocenters. The minimum atomic E-state index is -0.00563. The van der Waals surface area contributed by atoms with Crippen LogP contribution in [0.2, 0.25) is 0 Å². The summed E-state index contributed by atoms with van der Waals surface area (Å²) in [5.41, 5.74) is 2.84. The van der Waals surface area contributed by atoms with E-state index in [2.05, 4.69) is 18.0 Å². The highest BCUT2D eigenvalue weighted by molar-refractivity contribution is 6.06. The van der Waals surface area contributed by atoms with Crippen LogP contribution in [0.4, 0.5) is 5.69 Å². The molecule has 0 spiro atoms. The fourth-order valence-corrected chi connectivity index (χ4v) is 3.53. The molecule has 4 rings (SSSR count). The lowest BCUT2D eigenvalue weighted by Crippen LogP contribution is -2.39. The Kier molecular flexibility index (Phi) is 4.40. The lowest BCUT2D eigenvalue weighted by Gasteiger charge is -2.33. The first kappa shape index (κ1) is 16.1. The smallest absolute Gasteiger partial charge is 0.258 e. The normalized spacial score (nSPS) is 22.5. The van der Waals surface area contributed by atoms with E-state index in [-0.39, 0.29) is 12.0 Å². The average Bonchev–Trinajstić information content (AvgIpc) is 3.13. The predicted octanol–water partition coefficient (Wildman–Crippen LogP) is 3.09. The Morgan fingerprint density at radius 2 is 2.20 bits per heavy atom. The maximum atomic E-state index is 13.1. The Balaban J connectivity index is 1.58. The zero-order valence-corrected chi connectivity index (χ0v) is 14.4. The number of hydrogen-bond donors (Lipinski definition) is 0. The summed E-state index contributed by atoms with van der Waals surface area (Å²) in [4.78, 5) is 19.2. The quantitative estimate of drug-likeness (QED) is 0.863. The molecule has 2 aliphatic rings. The molecule has 3 heterocycles. The van der Waals surface area contributed by atoms with Crippen molar-refractivity contribution < 1.29 is 14.3 Å². The fourth-order valence-electron chi connectivity index (χ4n) is 3.53. The molecule has 5 nitrogen and oxygen atoms in total. The van der Waals surface area contributed by atoms with E-state index in [4.69, 9.17) is 9.47 Å². The lowest BCUT2D eigenvalue weighted by molar-refractivity contribution is 0.0979. The number of anilines is 1. The largest absolute Gasteiger partial charge is 0.472 e. The number of para-hydroxylation sites is 1. The van der Waals surface area contributed by atoms with Crippen molar-refractivity contribution in [3.63, 3.8) is 0 Å². The average molecular weight is 338 g/mol. The number of carbonyl (C=O) groups is 1. The molecule has 0 radical (unpaired) electrons. The van der Waals surface area contributed by atoms with Crippen LogP contribution in [0, 0.1) is 5.92 Å². The number of rotatable bonds is 3. The molecule has 1 aromatic heterocycles. The van der Waals surface area contributed by atoms with Gasteiger partial charge in [-0.25, -0.2) is 4.98 Å². The predicted molar refractivity (Wildman–Crippen MR) is 95.1 cm³/mol. The second-order valence-corrected chi connectivity index (χ2v) is 6.84. The maximum absolute atomic E-state index is 13.1. The van der Waals surface area contributed by atoms with Gasteiger partial charge in [0.2, 0.25) is 5.88 Å². The van der Waals surface area contributed by atoms with Gasteiger partial charge in [-0.3, -0.25) is 4.79 Å². The van der Waals surface area contributed by atoms with Crippen molar-refractivity contribution in [2.45, 2.75) is 25.9 Å². The number of amides is 1. The Morgan fingerprint density at radius 3 is 3.04 bits per heavy atom. The highest BCUT2D eigenvalue weighted by Crippen LogP contribution is 2.31. The third-order valence-corrected chi connectivity index (χ3v) is 4.75. The molecule has 130 valence electrons. The number of pyridine rings is 1. The molecule has 5 heteroatoms. The second-order valence-electron chi connectivity index (χ2n) is 6.84. The number of nitrogens with zero attached hydrogens (tertiary/aromatic N) is 2. The summed E-state index contributed by atoms with van der Waals surface area (Å²) in [5, 5.41) is 0. The Bertz CT molecular complexity index is 771. The summed E-state index contributed by atoms with van der Waals surface area (Å²) in [6.07, 6.45) is 3.52. The van der Waals surface area contributed by atoms with Gasteiger partial charge in [-0.2, -0.15) is 0 Å². The van der Waals surface area contributed by atoms with E-state index in [9.17, 15) is 4.79 Å². The monoisotopic (exact) mass is 338 g/mol. The van der Waals surface area contributed by atoms with Gasteiger partial charge in [-0.1, -0.05) is 25.1 Å². The summed E-state index contributed by atoms with van der Waals surface area (Å²) in [6.45, 7) is 4.20. The van der Waals surface area contributed by atoms with Gasteiger partial charge in [-0.15, -0.1) is 0 Å². The molecular weight excluding hydrogens is 316 g/mol. The van der Waals surface area contributed by atoms with E-state index in [1.807, 2.05) is 23.1 Å². The summed E-state index contributed by atoms with van der Waals surface area (Å²) in [7, 11) is 0. The molecule has 0 N–H and O–H groups in total. The highest BCUT2D eigenvalue weighted by Gasteiger charge is 2.27. The molecular formula is C20H22N2O3. The highest BCUT2D eigenvalue weighted by atomic mass is 16.5. The van der Waals surface area contributed by atoms with E-state index < -0.39 is 0 Å². The molecule has 2 aromatic rings. The van der Waals surface area contributed by atoms with Gasteiger partial charge >= 0.3 is 0 Å². The van der Waals surface area contributed by atoms with Crippen molar-refractivity contribution in [1.82, 2.24) is 4.98 Å². The van der Waals surface area contributed by atoms with Gasteiger partial charge in [0.05, 0.1) is 13.2 Å². The number of hydrogen-bond acceptors (Lipinski definition) is 4. The van der Waals surface area contributed by atoms with Crippen molar-refractivity contribution in [1.29, 1.82) is 0 Å². The topological polar surface area (TPSA) is 51.7 Å². The molecule has 0 aliphatic carbocycles. The number of fused-ring (bicyclic) bond motifs is 1. The molecule has 2 aliphatic heterocycles. The number of ether oxygens (including phenoxy) is 2. The summed E-state index contributed by atoms with van der Waals surface area (Å²) < 4.78 is 11.2. The third kappa shape index (κ3) is 3.37. The van der Waals surface area contributed by atoms with Crippen molar-refractivity contribution in [3.05, 3.63) is 53.7 Å². The molecule has 1 fully saturated rings. The molecule has 1 saturated heterocycles. The van der Waals surface area contributed by atoms with Crippen molar-refractivity contribution in [2.24, 2.45) is 5.92 Å². The molecule has 1 aromatic carbocycles. The minimum Gasteiger partial charge on any atom is -0.472 e. The van der Waals surface area contributed by atoms with Crippen LogP contribution >= 0.6 is 0 Å². The van der Waals surface area contributed by atoms with Crippen molar-refractivity contribution in [3.8, 4) is 5.88 Å². The van der Waals surface area contributed by atoms with Gasteiger partial charge in [0.25, 0.3) is 5.91 Å². The van der Waals surface area contributed by atoms with Crippen LogP contribution < -0.4 is 9.64 Å². The zero-order chi connectivity index (χ0) is 17.2. The first-order valence-corrected chi connectivity index (χ1v) is 8.81. The Morgan fingerprint density at radius 1 is 1.32 bits per heavy atom. The Labute approximate surface area is 147 Å². The van der Waals surface area contributed by atoms with Crippen LogP contribution in [0.3, 0.4) is 0 Å². The summed E-state index contributed by atoms with van der Waals surface area (Å²) in [5.74, 6) is 0.917. The van der Waals surface area contributed by atoms with E-state index in [1.54, 1.807) is 18.3 Å². The van der Waals surface area contributed by atoms with Gasteiger partial charge in [0, 0.05) is 36.5 Å². The van der Waals surface area contributed by atoms with E-state index >= 15 is 0 Å². The van der Waals surface area contributed by atoms with Gasteiger partial charge < -0.3 is 14.4 Å². The number of aromatic nitrogens is 1. The first-order valence-electron chi connectivity index (χ1n) is 8.81. The molecule has 0 bridgehead atoms. The van der Waals surface area contributed by atoms with Crippen LogP contribution in [0.5, 0.6) is 5.88 Å². The second kappa shape index (κ2) is 6.84. The van der Waals surface area contributed by atoms with Crippen molar-refractivity contribution >= 4 is 11.6 Å². The zero-order valence-electron chi connectivity index (χ0n) is 14.4. The number of benzene rings is 1. The molecule has 25 heavy (non-hydrogen) atoms. The van der Waals surface area contributed by atoms with Gasteiger partial charge in [-0.05, 0) is 30.0 Å².